The summed E-state index contributed by atoms with van der Waals surface area (Å²) in [7, 11) is 0. The van der Waals surface area contributed by atoms with Crippen molar-refractivity contribution in [2.75, 3.05) is 6.54 Å². The minimum Gasteiger partial charge on any atom is -0.423 e. The molecule has 4 heteroatoms. The van der Waals surface area contributed by atoms with Crippen LogP contribution in [-0.2, 0) is 6.42 Å². The molecule has 0 saturated heterocycles. The van der Waals surface area contributed by atoms with Crippen LogP contribution < -0.4 is 11.1 Å². The molecule has 0 aliphatic heterocycles. The lowest BCUT2D eigenvalue weighted by Gasteiger charge is -2.00. The predicted molar refractivity (Wildman–Crippen MR) is 56.0 cm³/mol. The van der Waals surface area contributed by atoms with Crippen molar-refractivity contribution in [3.05, 3.63) is 46.3 Å². The summed E-state index contributed by atoms with van der Waals surface area (Å²) in [6.45, 7) is 0.336. The molecule has 0 unspecified atom stereocenters. The van der Waals surface area contributed by atoms with Gasteiger partial charge < -0.3 is 9.62 Å². The zero-order valence-corrected chi connectivity index (χ0v) is 8.06. The van der Waals surface area contributed by atoms with Crippen molar-refractivity contribution in [3.8, 4) is 0 Å². The van der Waals surface area contributed by atoms with Gasteiger partial charge in [-0.3, -0.25) is 0 Å². The summed E-state index contributed by atoms with van der Waals surface area (Å²) in [5.74, 6) is 0. The standard InChI is InChI=1S/C11H11NO3/c13-11-9(5-6-12-14)7-8-3-1-2-4-10(8)15-11/h1-4,7,12,14H,5-6H2. The smallest absolute Gasteiger partial charge is 0.339 e. The molecule has 0 bridgehead atoms. The van der Waals surface area contributed by atoms with Gasteiger partial charge in [-0.1, -0.05) is 18.2 Å². The molecule has 0 aliphatic rings. The van der Waals surface area contributed by atoms with Gasteiger partial charge in [0.2, 0.25) is 0 Å². The number of fused-ring (bicyclic) bond motifs is 1. The van der Waals surface area contributed by atoms with Crippen LogP contribution in [0.5, 0.6) is 0 Å². The van der Waals surface area contributed by atoms with Gasteiger partial charge in [0.05, 0.1) is 0 Å². The Kier molecular flexibility index (Phi) is 2.80. The molecule has 78 valence electrons. The predicted octanol–water partition coefficient (Wildman–Crippen LogP) is 1.31. The maximum Gasteiger partial charge on any atom is 0.339 e. The maximum atomic E-state index is 11.5. The van der Waals surface area contributed by atoms with E-state index in [4.69, 9.17) is 9.62 Å². The number of hydrogen-bond acceptors (Lipinski definition) is 4. The number of hydrogen-bond donors (Lipinski definition) is 2. The van der Waals surface area contributed by atoms with E-state index in [2.05, 4.69) is 0 Å². The van der Waals surface area contributed by atoms with E-state index < -0.39 is 0 Å². The molecule has 0 aliphatic carbocycles. The molecule has 2 N–H and O–H groups in total. The van der Waals surface area contributed by atoms with Crippen molar-refractivity contribution >= 4 is 11.0 Å². The molecule has 0 radical (unpaired) electrons. The molecule has 15 heavy (non-hydrogen) atoms. The highest BCUT2D eigenvalue weighted by atomic mass is 16.5. The highest BCUT2D eigenvalue weighted by Crippen LogP contribution is 2.12. The number of rotatable bonds is 3. The molecule has 0 saturated carbocycles. The Labute approximate surface area is 86.1 Å². The van der Waals surface area contributed by atoms with E-state index in [1.807, 2.05) is 23.7 Å². The largest absolute Gasteiger partial charge is 0.423 e. The van der Waals surface area contributed by atoms with Crippen LogP contribution >= 0.6 is 0 Å². The van der Waals surface area contributed by atoms with Gasteiger partial charge in [0.1, 0.15) is 5.58 Å². The summed E-state index contributed by atoms with van der Waals surface area (Å²) in [4.78, 5) is 11.5. The lowest BCUT2D eigenvalue weighted by Crippen LogP contribution is -2.16. The summed E-state index contributed by atoms with van der Waals surface area (Å²) in [6.07, 6.45) is 0.448. The molecule has 1 aromatic heterocycles. The molecule has 2 rings (SSSR count). The van der Waals surface area contributed by atoms with E-state index in [0.717, 1.165) is 5.39 Å². The average Bonchev–Trinajstić information content (AvgIpc) is 2.26. The third-order valence-electron chi connectivity index (χ3n) is 2.22. The summed E-state index contributed by atoms with van der Waals surface area (Å²) in [6, 6.07) is 9.13. The zero-order chi connectivity index (χ0) is 10.7. The van der Waals surface area contributed by atoms with Crippen molar-refractivity contribution in [2.45, 2.75) is 6.42 Å². The van der Waals surface area contributed by atoms with E-state index in [0.29, 0.717) is 24.1 Å². The van der Waals surface area contributed by atoms with Gasteiger partial charge in [-0.25, -0.2) is 10.3 Å². The van der Waals surface area contributed by atoms with Crippen molar-refractivity contribution in [1.29, 1.82) is 0 Å². The van der Waals surface area contributed by atoms with Crippen LogP contribution in [0, 0.1) is 0 Å². The molecule has 4 nitrogen and oxygen atoms in total. The molecule has 1 heterocycles. The topological polar surface area (TPSA) is 62.5 Å². The van der Waals surface area contributed by atoms with E-state index in [9.17, 15) is 4.79 Å². The third kappa shape index (κ3) is 2.06. The Morgan fingerprint density at radius 2 is 2.13 bits per heavy atom. The maximum absolute atomic E-state index is 11.5. The Morgan fingerprint density at radius 1 is 1.33 bits per heavy atom. The molecule has 1 aromatic carbocycles. The van der Waals surface area contributed by atoms with Crippen molar-refractivity contribution in [1.82, 2.24) is 5.48 Å². The summed E-state index contributed by atoms with van der Waals surface area (Å²) in [5.41, 5.74) is 2.82. The highest BCUT2D eigenvalue weighted by Gasteiger charge is 2.03. The molecule has 0 atom stereocenters. The van der Waals surface area contributed by atoms with Gasteiger partial charge in [0.15, 0.2) is 0 Å². The number of benzene rings is 1. The minimum absolute atomic E-state index is 0.336. The Morgan fingerprint density at radius 3 is 2.93 bits per heavy atom. The van der Waals surface area contributed by atoms with Crippen LogP contribution in [-0.4, -0.2) is 11.8 Å². The molecular formula is C11H11NO3. The van der Waals surface area contributed by atoms with Gasteiger partial charge >= 0.3 is 5.63 Å². The zero-order valence-electron chi connectivity index (χ0n) is 8.06. The Bertz CT molecular complexity index is 518. The van der Waals surface area contributed by atoms with Gasteiger partial charge in [0, 0.05) is 17.5 Å². The summed E-state index contributed by atoms with van der Waals surface area (Å²) in [5, 5.41) is 9.34. The summed E-state index contributed by atoms with van der Waals surface area (Å²) >= 11 is 0. The lowest BCUT2D eigenvalue weighted by atomic mass is 10.1. The van der Waals surface area contributed by atoms with Gasteiger partial charge in [-0.05, 0) is 18.6 Å². The first-order chi connectivity index (χ1) is 7.31. The fourth-order valence-electron chi connectivity index (χ4n) is 1.47. The van der Waals surface area contributed by atoms with Gasteiger partial charge in [-0.2, -0.15) is 0 Å². The van der Waals surface area contributed by atoms with Gasteiger partial charge in [0.25, 0.3) is 0 Å². The molecule has 2 aromatic rings. The van der Waals surface area contributed by atoms with E-state index in [-0.39, 0.29) is 5.63 Å². The van der Waals surface area contributed by atoms with E-state index >= 15 is 0 Å². The van der Waals surface area contributed by atoms with Crippen LogP contribution in [0.2, 0.25) is 0 Å². The lowest BCUT2D eigenvalue weighted by molar-refractivity contribution is 0.168. The fraction of sp³-hybridized carbons (Fsp3) is 0.182. The summed E-state index contributed by atoms with van der Waals surface area (Å²) < 4.78 is 5.12. The molecular weight excluding hydrogens is 194 g/mol. The second-order valence-corrected chi connectivity index (χ2v) is 3.26. The first-order valence-electron chi connectivity index (χ1n) is 4.70. The van der Waals surface area contributed by atoms with Crippen LogP contribution in [0.15, 0.2) is 39.5 Å². The van der Waals surface area contributed by atoms with Crippen LogP contribution in [0.4, 0.5) is 0 Å². The Hall–Kier alpha value is -1.65. The quantitative estimate of drug-likeness (QED) is 0.586. The van der Waals surface area contributed by atoms with Crippen molar-refractivity contribution in [3.63, 3.8) is 0 Å². The van der Waals surface area contributed by atoms with Gasteiger partial charge in [-0.15, -0.1) is 0 Å². The fourth-order valence-corrected chi connectivity index (χ4v) is 1.47. The molecule has 0 amide bonds. The first kappa shape index (κ1) is 9.89. The SMILES string of the molecule is O=c1oc2ccccc2cc1CCNO. The molecule has 0 spiro atoms. The van der Waals surface area contributed by atoms with Crippen LogP contribution in [0.25, 0.3) is 11.0 Å². The Balaban J connectivity index is 2.48. The number of para-hydroxylation sites is 1. The normalized spacial score (nSPS) is 10.7. The number of hydroxylamine groups is 1. The number of nitrogens with one attached hydrogen (secondary N) is 1. The van der Waals surface area contributed by atoms with Crippen LogP contribution in [0.1, 0.15) is 5.56 Å². The minimum atomic E-state index is -0.344. The van der Waals surface area contributed by atoms with E-state index in [1.54, 1.807) is 12.1 Å². The van der Waals surface area contributed by atoms with Crippen molar-refractivity contribution < 1.29 is 9.62 Å². The average molecular weight is 205 g/mol. The van der Waals surface area contributed by atoms with Crippen molar-refractivity contribution in [2.24, 2.45) is 0 Å². The molecule has 0 fully saturated rings. The van der Waals surface area contributed by atoms with Crippen LogP contribution in [0.3, 0.4) is 0 Å². The second-order valence-electron chi connectivity index (χ2n) is 3.26. The second kappa shape index (κ2) is 4.25. The monoisotopic (exact) mass is 205 g/mol. The third-order valence-corrected chi connectivity index (χ3v) is 2.22. The van der Waals surface area contributed by atoms with E-state index in [1.165, 1.54) is 0 Å². The first-order valence-corrected chi connectivity index (χ1v) is 4.70. The highest BCUT2D eigenvalue weighted by molar-refractivity contribution is 5.76.